The van der Waals surface area contributed by atoms with Gasteiger partial charge in [-0.25, -0.2) is 0 Å². The topological polar surface area (TPSA) is 112 Å². The third-order valence-electron chi connectivity index (χ3n) is 1.90. The molecular weight excluding hydrogens is 228 g/mol. The van der Waals surface area contributed by atoms with Crippen molar-refractivity contribution in [3.05, 3.63) is 29.7 Å². The van der Waals surface area contributed by atoms with Crippen molar-refractivity contribution in [2.75, 3.05) is 5.32 Å². The Balaban J connectivity index is 2.18. The van der Waals surface area contributed by atoms with Crippen LogP contribution in [-0.4, -0.2) is 31.3 Å². The normalized spacial score (nSPS) is 10.0. The van der Waals surface area contributed by atoms with Crippen molar-refractivity contribution in [1.29, 1.82) is 0 Å². The van der Waals surface area contributed by atoms with Crippen molar-refractivity contribution in [1.82, 2.24) is 20.4 Å². The Morgan fingerprint density at radius 3 is 2.88 bits per heavy atom. The van der Waals surface area contributed by atoms with E-state index in [1.54, 1.807) is 0 Å². The Kier molecular flexibility index (Phi) is 2.64. The number of nitrogens with zero attached hydrogens (tertiary/aromatic N) is 2. The number of carbonyl (C=O) groups excluding carboxylic acids is 1. The lowest BCUT2D eigenvalue weighted by Crippen LogP contribution is -2.16. The Bertz CT molecular complexity index is 516. The zero-order chi connectivity index (χ0) is 11.5. The van der Waals surface area contributed by atoms with E-state index in [0.29, 0.717) is 16.9 Å². The predicted molar refractivity (Wildman–Crippen MR) is 61.0 cm³/mol. The van der Waals surface area contributed by atoms with Crippen LogP contribution in [0.3, 0.4) is 0 Å². The standard InChI is InChI=1S/C8H8N6OS/c9-6(16)5-3-12-14-7(5)13-8(15)4-1-10-11-2-4/h1-3H,(H2,9,16)(H,10,11)(H2,12,13,14,15). The van der Waals surface area contributed by atoms with Crippen molar-refractivity contribution in [3.63, 3.8) is 0 Å². The highest BCUT2D eigenvalue weighted by atomic mass is 32.1. The molecule has 16 heavy (non-hydrogen) atoms. The molecule has 2 aromatic heterocycles. The molecule has 0 atom stereocenters. The van der Waals surface area contributed by atoms with E-state index < -0.39 is 0 Å². The van der Waals surface area contributed by atoms with E-state index in [9.17, 15) is 4.79 Å². The van der Waals surface area contributed by atoms with Crippen LogP contribution in [0.15, 0.2) is 18.6 Å². The zero-order valence-corrected chi connectivity index (χ0v) is 8.84. The van der Waals surface area contributed by atoms with Gasteiger partial charge in [0.25, 0.3) is 5.91 Å². The van der Waals surface area contributed by atoms with Gasteiger partial charge in [-0.05, 0) is 0 Å². The van der Waals surface area contributed by atoms with E-state index in [0.717, 1.165) is 0 Å². The fourth-order valence-electron chi connectivity index (χ4n) is 1.13. The number of thiocarbonyl (C=S) groups is 1. The van der Waals surface area contributed by atoms with Gasteiger partial charge in [0.2, 0.25) is 0 Å². The molecular formula is C8H8N6OS. The highest BCUT2D eigenvalue weighted by molar-refractivity contribution is 7.80. The lowest BCUT2D eigenvalue weighted by molar-refractivity contribution is 0.102. The number of anilines is 1. The number of hydrogen-bond acceptors (Lipinski definition) is 4. The van der Waals surface area contributed by atoms with E-state index in [1.807, 2.05) is 0 Å². The van der Waals surface area contributed by atoms with Crippen LogP contribution in [0.25, 0.3) is 0 Å². The molecule has 2 aromatic rings. The van der Waals surface area contributed by atoms with E-state index in [2.05, 4.69) is 25.7 Å². The number of aromatic amines is 2. The number of hydrogen-bond donors (Lipinski definition) is 4. The fourth-order valence-corrected chi connectivity index (χ4v) is 1.28. The van der Waals surface area contributed by atoms with Crippen LogP contribution in [0.4, 0.5) is 5.82 Å². The maximum Gasteiger partial charge on any atom is 0.259 e. The first-order chi connectivity index (χ1) is 7.68. The van der Waals surface area contributed by atoms with Gasteiger partial charge in [0.15, 0.2) is 0 Å². The van der Waals surface area contributed by atoms with Crippen molar-refractivity contribution in [3.8, 4) is 0 Å². The number of H-pyrrole nitrogens is 2. The second-order valence-electron chi connectivity index (χ2n) is 2.96. The minimum atomic E-state index is -0.324. The number of amides is 1. The van der Waals surface area contributed by atoms with E-state index in [1.165, 1.54) is 18.6 Å². The molecule has 2 rings (SSSR count). The van der Waals surface area contributed by atoms with Crippen LogP contribution in [-0.2, 0) is 0 Å². The van der Waals surface area contributed by atoms with Crippen molar-refractivity contribution in [2.45, 2.75) is 0 Å². The Morgan fingerprint density at radius 1 is 1.44 bits per heavy atom. The summed E-state index contributed by atoms with van der Waals surface area (Å²) < 4.78 is 0. The molecule has 0 aromatic carbocycles. The maximum absolute atomic E-state index is 11.6. The first-order valence-corrected chi connectivity index (χ1v) is 4.72. The zero-order valence-electron chi connectivity index (χ0n) is 8.02. The van der Waals surface area contributed by atoms with E-state index in [4.69, 9.17) is 18.0 Å². The summed E-state index contributed by atoms with van der Waals surface area (Å²) in [4.78, 5) is 11.8. The Labute approximate surface area is 95.4 Å². The summed E-state index contributed by atoms with van der Waals surface area (Å²) >= 11 is 4.80. The van der Waals surface area contributed by atoms with Gasteiger partial charge < -0.3 is 11.1 Å². The third-order valence-corrected chi connectivity index (χ3v) is 2.12. The third kappa shape index (κ3) is 1.91. The molecule has 82 valence electrons. The smallest absolute Gasteiger partial charge is 0.259 e. The lowest BCUT2D eigenvalue weighted by Gasteiger charge is -2.02. The van der Waals surface area contributed by atoms with Crippen LogP contribution in [0.5, 0.6) is 0 Å². The molecule has 0 spiro atoms. The molecule has 0 saturated heterocycles. The second-order valence-corrected chi connectivity index (χ2v) is 3.40. The SMILES string of the molecule is NC(=S)c1cn[nH]c1NC(=O)c1cn[nH]c1. The molecule has 1 amide bonds. The van der Waals surface area contributed by atoms with Gasteiger partial charge in [-0.1, -0.05) is 12.2 Å². The maximum atomic E-state index is 11.6. The average molecular weight is 236 g/mol. The van der Waals surface area contributed by atoms with Crippen molar-refractivity contribution < 1.29 is 4.79 Å². The molecule has 8 heteroatoms. The Morgan fingerprint density at radius 2 is 2.25 bits per heavy atom. The molecule has 0 aliphatic heterocycles. The monoisotopic (exact) mass is 236 g/mol. The summed E-state index contributed by atoms with van der Waals surface area (Å²) in [5.41, 5.74) is 6.35. The van der Waals surface area contributed by atoms with Crippen LogP contribution >= 0.6 is 12.2 Å². The highest BCUT2D eigenvalue weighted by Gasteiger charge is 2.12. The summed E-state index contributed by atoms with van der Waals surface area (Å²) in [5.74, 6) is 0.0502. The number of nitrogens with two attached hydrogens (primary N) is 1. The first kappa shape index (κ1) is 10.3. The fraction of sp³-hybridized carbons (Fsp3) is 0. The quantitative estimate of drug-likeness (QED) is 0.561. The molecule has 0 aliphatic carbocycles. The molecule has 0 unspecified atom stereocenters. The molecule has 2 heterocycles. The number of nitrogens with one attached hydrogen (secondary N) is 3. The summed E-state index contributed by atoms with van der Waals surface area (Å²) in [5, 5.41) is 15.1. The van der Waals surface area contributed by atoms with Crippen LogP contribution in [0.2, 0.25) is 0 Å². The number of rotatable bonds is 3. The van der Waals surface area contributed by atoms with Crippen molar-refractivity contribution >= 4 is 28.9 Å². The molecule has 5 N–H and O–H groups in total. The van der Waals surface area contributed by atoms with Gasteiger partial charge in [-0.3, -0.25) is 15.0 Å². The summed E-state index contributed by atoms with van der Waals surface area (Å²) in [6, 6.07) is 0. The van der Waals surface area contributed by atoms with Gasteiger partial charge in [0.05, 0.1) is 23.5 Å². The van der Waals surface area contributed by atoms with Gasteiger partial charge >= 0.3 is 0 Å². The van der Waals surface area contributed by atoms with E-state index in [-0.39, 0.29) is 10.9 Å². The van der Waals surface area contributed by atoms with Gasteiger partial charge in [0, 0.05) is 6.20 Å². The highest BCUT2D eigenvalue weighted by Crippen LogP contribution is 2.11. The number of carbonyl (C=O) groups is 1. The van der Waals surface area contributed by atoms with Gasteiger partial charge in [-0.2, -0.15) is 10.2 Å². The van der Waals surface area contributed by atoms with E-state index >= 15 is 0 Å². The molecule has 0 fully saturated rings. The minimum absolute atomic E-state index is 0.163. The summed E-state index contributed by atoms with van der Waals surface area (Å²) in [6.45, 7) is 0. The van der Waals surface area contributed by atoms with Crippen LogP contribution in [0.1, 0.15) is 15.9 Å². The predicted octanol–water partition coefficient (Wildman–Crippen LogP) is 0.0193. The molecule has 0 saturated carbocycles. The van der Waals surface area contributed by atoms with Crippen molar-refractivity contribution in [2.24, 2.45) is 5.73 Å². The van der Waals surface area contributed by atoms with Gasteiger partial charge in [0.1, 0.15) is 10.8 Å². The van der Waals surface area contributed by atoms with Crippen LogP contribution in [0, 0.1) is 0 Å². The first-order valence-electron chi connectivity index (χ1n) is 4.32. The number of aromatic nitrogens is 4. The second kappa shape index (κ2) is 4.11. The molecule has 0 aliphatic rings. The Hall–Kier alpha value is -2.22. The summed E-state index contributed by atoms with van der Waals surface area (Å²) in [7, 11) is 0. The molecule has 0 bridgehead atoms. The van der Waals surface area contributed by atoms with Gasteiger partial charge in [-0.15, -0.1) is 0 Å². The van der Waals surface area contributed by atoms with Crippen LogP contribution < -0.4 is 11.1 Å². The lowest BCUT2D eigenvalue weighted by atomic mass is 10.3. The largest absolute Gasteiger partial charge is 0.389 e. The molecule has 7 nitrogen and oxygen atoms in total. The average Bonchev–Trinajstić information content (AvgIpc) is 2.86. The summed E-state index contributed by atoms with van der Waals surface area (Å²) in [6.07, 6.45) is 4.34. The minimum Gasteiger partial charge on any atom is -0.389 e. The molecule has 0 radical (unpaired) electrons.